The van der Waals surface area contributed by atoms with E-state index in [-0.39, 0.29) is 22.8 Å². The van der Waals surface area contributed by atoms with E-state index in [4.69, 9.17) is 0 Å². The van der Waals surface area contributed by atoms with Crippen molar-refractivity contribution >= 4 is 5.69 Å². The van der Waals surface area contributed by atoms with Crippen LogP contribution >= 0.6 is 0 Å². The van der Waals surface area contributed by atoms with E-state index in [9.17, 15) is 26.3 Å². The molecule has 29 heavy (non-hydrogen) atoms. The van der Waals surface area contributed by atoms with Gasteiger partial charge in [-0.3, -0.25) is 9.97 Å². The summed E-state index contributed by atoms with van der Waals surface area (Å²) in [6.45, 7) is 0. The lowest BCUT2D eigenvalue weighted by Gasteiger charge is -2.16. The van der Waals surface area contributed by atoms with Gasteiger partial charge < -0.3 is 4.90 Å². The van der Waals surface area contributed by atoms with E-state index >= 15 is 0 Å². The first-order chi connectivity index (χ1) is 13.4. The summed E-state index contributed by atoms with van der Waals surface area (Å²) in [5.74, 6) is 0. The van der Waals surface area contributed by atoms with Crippen molar-refractivity contribution in [2.45, 2.75) is 12.4 Å². The minimum atomic E-state index is -4.57. The summed E-state index contributed by atoms with van der Waals surface area (Å²) in [4.78, 5) is 13.7. The highest BCUT2D eigenvalue weighted by Crippen LogP contribution is 2.34. The predicted octanol–water partition coefficient (Wildman–Crippen LogP) is 5.31. The van der Waals surface area contributed by atoms with E-state index in [2.05, 4.69) is 15.0 Å². The summed E-state index contributed by atoms with van der Waals surface area (Å²) in [7, 11) is 3.37. The predicted molar refractivity (Wildman–Crippen MR) is 95.0 cm³/mol. The van der Waals surface area contributed by atoms with Crippen molar-refractivity contribution in [3.05, 3.63) is 59.9 Å². The number of nitrogens with zero attached hydrogens (tertiary/aromatic N) is 4. The number of anilines is 1. The molecule has 0 aliphatic carbocycles. The molecule has 0 amide bonds. The van der Waals surface area contributed by atoms with E-state index < -0.39 is 23.5 Å². The first-order valence-electron chi connectivity index (χ1n) is 8.22. The van der Waals surface area contributed by atoms with Gasteiger partial charge in [-0.15, -0.1) is 0 Å². The van der Waals surface area contributed by atoms with Crippen molar-refractivity contribution in [2.24, 2.45) is 0 Å². The highest BCUT2D eigenvalue weighted by molar-refractivity contribution is 5.70. The summed E-state index contributed by atoms with van der Waals surface area (Å²) in [6.07, 6.45) is -7.13. The first-order valence-corrected chi connectivity index (χ1v) is 8.22. The third-order valence-corrected chi connectivity index (χ3v) is 4.03. The Bertz CT molecular complexity index is 952. The van der Waals surface area contributed by atoms with Crippen LogP contribution in [-0.4, -0.2) is 29.0 Å². The topological polar surface area (TPSA) is 41.9 Å². The van der Waals surface area contributed by atoms with Crippen LogP contribution in [0, 0.1) is 0 Å². The molecule has 3 rings (SSSR count). The molecule has 3 heterocycles. The summed E-state index contributed by atoms with van der Waals surface area (Å²) >= 11 is 0. The molecular formula is C19H14F6N4. The van der Waals surface area contributed by atoms with Gasteiger partial charge in [0.15, 0.2) is 0 Å². The molecule has 0 atom stereocenters. The molecular weight excluding hydrogens is 398 g/mol. The molecule has 0 aliphatic rings. The van der Waals surface area contributed by atoms with Crippen molar-refractivity contribution in [3.63, 3.8) is 0 Å². The molecule has 0 radical (unpaired) electrons. The minimum Gasteiger partial charge on any atom is -0.378 e. The van der Waals surface area contributed by atoms with Crippen molar-refractivity contribution < 1.29 is 26.3 Å². The number of rotatable bonds is 3. The largest absolute Gasteiger partial charge is 0.416 e. The van der Waals surface area contributed by atoms with E-state index in [1.807, 2.05) is 0 Å². The molecule has 0 saturated carbocycles. The van der Waals surface area contributed by atoms with E-state index in [0.717, 1.165) is 36.7 Å². The smallest absolute Gasteiger partial charge is 0.378 e. The molecule has 10 heteroatoms. The van der Waals surface area contributed by atoms with Crippen LogP contribution in [0.25, 0.3) is 22.8 Å². The highest BCUT2D eigenvalue weighted by Gasteiger charge is 2.32. The van der Waals surface area contributed by atoms with Crippen LogP contribution in [0.1, 0.15) is 11.1 Å². The van der Waals surface area contributed by atoms with Crippen molar-refractivity contribution in [3.8, 4) is 22.8 Å². The molecule has 4 nitrogen and oxygen atoms in total. The van der Waals surface area contributed by atoms with Crippen molar-refractivity contribution in [1.29, 1.82) is 0 Å². The van der Waals surface area contributed by atoms with Gasteiger partial charge in [0, 0.05) is 32.2 Å². The maximum absolute atomic E-state index is 13.0. The molecule has 0 N–H and O–H groups in total. The molecule has 3 aromatic rings. The van der Waals surface area contributed by atoms with Crippen LogP contribution in [0.15, 0.2) is 48.8 Å². The second-order valence-electron chi connectivity index (χ2n) is 6.35. The van der Waals surface area contributed by atoms with Crippen LogP contribution in [-0.2, 0) is 12.4 Å². The quantitative estimate of drug-likeness (QED) is 0.547. The zero-order chi connectivity index (χ0) is 21.4. The third-order valence-electron chi connectivity index (χ3n) is 4.03. The average Bonchev–Trinajstić information content (AvgIpc) is 2.66. The van der Waals surface area contributed by atoms with Crippen molar-refractivity contribution in [2.75, 3.05) is 19.0 Å². The number of alkyl halides is 6. The van der Waals surface area contributed by atoms with E-state index in [1.54, 1.807) is 19.0 Å². The lowest BCUT2D eigenvalue weighted by atomic mass is 10.1. The molecule has 0 saturated heterocycles. The standard InChI is InChI=1S/C19H14F6N4/c1-29(2)13-9-16(14-7-11(3-5-26-14)18(20,21)22)28-17(10-13)15-8-12(4-6-27-15)19(23,24)25/h3-10H,1-2H3. The average molecular weight is 412 g/mol. The summed E-state index contributed by atoms with van der Waals surface area (Å²) in [6, 6.07) is 6.33. The molecule has 0 aromatic carbocycles. The Hall–Kier alpha value is -3.17. The van der Waals surface area contributed by atoms with E-state index in [1.165, 1.54) is 12.1 Å². The zero-order valence-electron chi connectivity index (χ0n) is 15.2. The Balaban J connectivity index is 2.16. The first kappa shape index (κ1) is 20.6. The van der Waals surface area contributed by atoms with Gasteiger partial charge in [0.25, 0.3) is 0 Å². The Labute approximate surface area is 161 Å². The monoisotopic (exact) mass is 412 g/mol. The molecule has 0 spiro atoms. The second kappa shape index (κ2) is 7.34. The van der Waals surface area contributed by atoms with Crippen LogP contribution in [0.2, 0.25) is 0 Å². The molecule has 0 unspecified atom stereocenters. The number of hydrogen-bond donors (Lipinski definition) is 0. The van der Waals surface area contributed by atoms with Crippen LogP contribution < -0.4 is 4.90 Å². The summed E-state index contributed by atoms with van der Waals surface area (Å²) < 4.78 is 78.1. The van der Waals surface area contributed by atoms with Crippen molar-refractivity contribution in [1.82, 2.24) is 15.0 Å². The van der Waals surface area contributed by atoms with E-state index in [0.29, 0.717) is 5.69 Å². The van der Waals surface area contributed by atoms with Gasteiger partial charge in [-0.1, -0.05) is 0 Å². The Morgan fingerprint density at radius 2 is 1.07 bits per heavy atom. The number of aromatic nitrogens is 3. The van der Waals surface area contributed by atoms with Gasteiger partial charge in [-0.2, -0.15) is 26.3 Å². The number of halogens is 6. The summed E-state index contributed by atoms with van der Waals surface area (Å²) in [5.41, 5.74) is -1.25. The lowest BCUT2D eigenvalue weighted by Crippen LogP contribution is -2.10. The second-order valence-corrected chi connectivity index (χ2v) is 6.35. The number of hydrogen-bond acceptors (Lipinski definition) is 4. The maximum Gasteiger partial charge on any atom is 0.416 e. The van der Waals surface area contributed by atoms with Gasteiger partial charge in [0.1, 0.15) is 0 Å². The highest BCUT2D eigenvalue weighted by atomic mass is 19.4. The molecule has 0 aliphatic heterocycles. The molecule has 0 fully saturated rings. The van der Waals surface area contributed by atoms with Crippen LogP contribution in [0.4, 0.5) is 32.0 Å². The zero-order valence-corrected chi connectivity index (χ0v) is 15.2. The third kappa shape index (κ3) is 4.64. The van der Waals surface area contributed by atoms with Gasteiger partial charge in [0.2, 0.25) is 0 Å². The minimum absolute atomic E-state index is 0.0586. The molecule has 152 valence electrons. The summed E-state index contributed by atoms with van der Waals surface area (Å²) in [5, 5.41) is 0. The fourth-order valence-electron chi connectivity index (χ4n) is 2.53. The van der Waals surface area contributed by atoms with Gasteiger partial charge >= 0.3 is 12.4 Å². The normalized spacial score (nSPS) is 12.1. The molecule has 3 aromatic heterocycles. The Kier molecular flexibility index (Phi) is 5.20. The maximum atomic E-state index is 13.0. The van der Waals surface area contributed by atoms with Gasteiger partial charge in [0.05, 0.1) is 33.9 Å². The molecule has 0 bridgehead atoms. The Morgan fingerprint density at radius 3 is 1.41 bits per heavy atom. The van der Waals surface area contributed by atoms with Gasteiger partial charge in [-0.25, -0.2) is 4.98 Å². The van der Waals surface area contributed by atoms with Gasteiger partial charge in [-0.05, 0) is 36.4 Å². The fraction of sp³-hybridized carbons (Fsp3) is 0.211. The van der Waals surface area contributed by atoms with Crippen LogP contribution in [0.5, 0.6) is 0 Å². The Morgan fingerprint density at radius 1 is 0.655 bits per heavy atom. The SMILES string of the molecule is CN(C)c1cc(-c2cc(C(F)(F)F)ccn2)nc(-c2cc(C(F)(F)F)ccn2)c1. The number of pyridine rings is 3. The fourth-order valence-corrected chi connectivity index (χ4v) is 2.53. The lowest BCUT2D eigenvalue weighted by molar-refractivity contribution is -0.138. The van der Waals surface area contributed by atoms with Crippen LogP contribution in [0.3, 0.4) is 0 Å².